The Balaban J connectivity index is 1.73. The van der Waals surface area contributed by atoms with Crippen molar-refractivity contribution in [3.8, 4) is 17.4 Å². The van der Waals surface area contributed by atoms with Gasteiger partial charge in [-0.25, -0.2) is 4.39 Å². The first-order chi connectivity index (χ1) is 12.6. The van der Waals surface area contributed by atoms with Crippen LogP contribution in [0.5, 0.6) is 0 Å². The largest absolute Gasteiger partial charge is 0.457 e. The minimum atomic E-state index is -0.369. The maximum Gasteiger partial charge on any atom is 0.262 e. The second-order valence-electron chi connectivity index (χ2n) is 6.72. The van der Waals surface area contributed by atoms with E-state index in [0.717, 1.165) is 24.8 Å². The lowest BCUT2D eigenvalue weighted by molar-refractivity contribution is -0.118. The molecule has 1 saturated carbocycles. The highest BCUT2D eigenvalue weighted by atomic mass is 19.1. The van der Waals surface area contributed by atoms with Crippen LogP contribution < -0.4 is 5.32 Å². The Labute approximate surface area is 152 Å². The Morgan fingerprint density at radius 3 is 2.65 bits per heavy atom. The highest BCUT2D eigenvalue weighted by Gasteiger charge is 2.24. The molecule has 2 aromatic rings. The van der Waals surface area contributed by atoms with Crippen molar-refractivity contribution >= 4 is 12.0 Å². The molecule has 1 aromatic heterocycles. The van der Waals surface area contributed by atoms with Gasteiger partial charge < -0.3 is 9.73 Å². The van der Waals surface area contributed by atoms with Crippen LogP contribution in [-0.4, -0.2) is 11.9 Å². The normalized spacial score (nSPS) is 20.4. The summed E-state index contributed by atoms with van der Waals surface area (Å²) < 4.78 is 18.7. The van der Waals surface area contributed by atoms with Crippen molar-refractivity contribution in [2.75, 3.05) is 0 Å². The number of furan rings is 1. The first-order valence-corrected chi connectivity index (χ1v) is 8.85. The standard InChI is InChI=1S/C21H21FN2O2/c1-14-4-2-3-5-19(14)24-21(25)16(13-23)12-18-10-11-20(26-18)15-6-8-17(22)9-7-15/h6-12,14,19H,2-5H2,1H3,(H,24,25)/b16-12+/t14-,19+/m1/s1. The molecule has 1 heterocycles. The minimum Gasteiger partial charge on any atom is -0.457 e. The van der Waals surface area contributed by atoms with Crippen LogP contribution in [0.2, 0.25) is 0 Å². The van der Waals surface area contributed by atoms with E-state index in [1.165, 1.54) is 24.6 Å². The van der Waals surface area contributed by atoms with Crippen LogP contribution in [0.1, 0.15) is 38.4 Å². The molecule has 5 heteroatoms. The predicted molar refractivity (Wildman–Crippen MR) is 97.3 cm³/mol. The van der Waals surface area contributed by atoms with E-state index in [2.05, 4.69) is 12.2 Å². The molecule has 0 aliphatic heterocycles. The smallest absolute Gasteiger partial charge is 0.262 e. The van der Waals surface area contributed by atoms with Crippen LogP contribution in [0.3, 0.4) is 0 Å². The Bertz CT molecular complexity index is 846. The van der Waals surface area contributed by atoms with Gasteiger partial charge in [-0.3, -0.25) is 4.79 Å². The third-order valence-corrected chi connectivity index (χ3v) is 4.84. The van der Waals surface area contributed by atoms with Gasteiger partial charge in [0.05, 0.1) is 0 Å². The van der Waals surface area contributed by atoms with E-state index < -0.39 is 0 Å². The van der Waals surface area contributed by atoms with Gasteiger partial charge in [-0.15, -0.1) is 0 Å². The van der Waals surface area contributed by atoms with Crippen molar-refractivity contribution in [1.29, 1.82) is 5.26 Å². The van der Waals surface area contributed by atoms with Crippen molar-refractivity contribution < 1.29 is 13.6 Å². The number of hydrogen-bond donors (Lipinski definition) is 1. The van der Waals surface area contributed by atoms with Gasteiger partial charge in [-0.05, 0) is 55.2 Å². The average molecular weight is 352 g/mol. The topological polar surface area (TPSA) is 66.0 Å². The van der Waals surface area contributed by atoms with Gasteiger partial charge in [-0.2, -0.15) is 5.26 Å². The summed E-state index contributed by atoms with van der Waals surface area (Å²) >= 11 is 0. The monoisotopic (exact) mass is 352 g/mol. The molecule has 134 valence electrons. The molecule has 26 heavy (non-hydrogen) atoms. The molecule has 1 aliphatic rings. The number of benzene rings is 1. The summed E-state index contributed by atoms with van der Waals surface area (Å²) in [4.78, 5) is 12.4. The second kappa shape index (κ2) is 8.01. The van der Waals surface area contributed by atoms with Crippen molar-refractivity contribution in [3.05, 3.63) is 53.5 Å². The van der Waals surface area contributed by atoms with Gasteiger partial charge in [0.15, 0.2) is 0 Å². The second-order valence-corrected chi connectivity index (χ2v) is 6.72. The Kier molecular flexibility index (Phi) is 5.52. The molecule has 1 aliphatic carbocycles. The third kappa shape index (κ3) is 4.20. The molecule has 1 aromatic carbocycles. The number of nitrogens with one attached hydrogen (secondary N) is 1. The average Bonchev–Trinajstić information content (AvgIpc) is 3.10. The van der Waals surface area contributed by atoms with E-state index in [1.54, 1.807) is 24.3 Å². The van der Waals surface area contributed by atoms with Crippen LogP contribution in [-0.2, 0) is 4.79 Å². The summed E-state index contributed by atoms with van der Waals surface area (Å²) in [5, 5.41) is 12.3. The number of amides is 1. The van der Waals surface area contributed by atoms with E-state index in [1.807, 2.05) is 6.07 Å². The van der Waals surface area contributed by atoms with Crippen molar-refractivity contribution in [3.63, 3.8) is 0 Å². The van der Waals surface area contributed by atoms with Gasteiger partial charge >= 0.3 is 0 Å². The predicted octanol–water partition coefficient (Wildman–Crippen LogP) is 4.69. The molecule has 3 rings (SSSR count). The zero-order chi connectivity index (χ0) is 18.5. The van der Waals surface area contributed by atoms with E-state index >= 15 is 0 Å². The molecule has 1 fully saturated rings. The van der Waals surface area contributed by atoms with Gasteiger partial charge in [0.25, 0.3) is 5.91 Å². The maximum atomic E-state index is 13.0. The van der Waals surface area contributed by atoms with E-state index in [-0.39, 0.29) is 23.3 Å². The Hall–Kier alpha value is -2.87. The van der Waals surface area contributed by atoms with Gasteiger partial charge in [0, 0.05) is 17.7 Å². The van der Waals surface area contributed by atoms with Crippen molar-refractivity contribution in [2.24, 2.45) is 5.92 Å². The molecule has 0 unspecified atom stereocenters. The summed E-state index contributed by atoms with van der Waals surface area (Å²) in [6.45, 7) is 2.13. The molecule has 4 nitrogen and oxygen atoms in total. The van der Waals surface area contributed by atoms with Crippen LogP contribution in [0.25, 0.3) is 17.4 Å². The third-order valence-electron chi connectivity index (χ3n) is 4.84. The fourth-order valence-corrected chi connectivity index (χ4v) is 3.27. The SMILES string of the molecule is C[C@@H]1CCCC[C@@H]1NC(=O)/C(C#N)=C/c1ccc(-c2ccc(F)cc2)o1. The van der Waals surface area contributed by atoms with E-state index in [0.29, 0.717) is 17.4 Å². The number of nitriles is 1. The summed E-state index contributed by atoms with van der Waals surface area (Å²) in [7, 11) is 0. The first-order valence-electron chi connectivity index (χ1n) is 8.85. The maximum absolute atomic E-state index is 13.0. The van der Waals surface area contributed by atoms with Crippen LogP contribution in [0, 0.1) is 23.1 Å². The summed E-state index contributed by atoms with van der Waals surface area (Å²) in [5.41, 5.74) is 0.743. The minimum absolute atomic E-state index is 0.0165. The number of rotatable bonds is 4. The van der Waals surface area contributed by atoms with Gasteiger partial charge in [0.2, 0.25) is 0 Å². The molecule has 0 radical (unpaired) electrons. The molecule has 0 saturated heterocycles. The lowest BCUT2D eigenvalue weighted by Crippen LogP contribution is -2.41. The van der Waals surface area contributed by atoms with Gasteiger partial charge in [0.1, 0.15) is 29.0 Å². The molecule has 2 atom stereocenters. The summed E-state index contributed by atoms with van der Waals surface area (Å²) in [6.07, 6.45) is 5.76. The highest BCUT2D eigenvalue weighted by molar-refractivity contribution is 6.01. The fourth-order valence-electron chi connectivity index (χ4n) is 3.27. The summed E-state index contributed by atoms with van der Waals surface area (Å²) in [6, 6.07) is 11.4. The van der Waals surface area contributed by atoms with Crippen molar-refractivity contribution in [1.82, 2.24) is 5.32 Å². The highest BCUT2D eigenvalue weighted by Crippen LogP contribution is 2.25. The molecule has 0 bridgehead atoms. The first kappa shape index (κ1) is 17.9. The number of hydrogen-bond acceptors (Lipinski definition) is 3. The quantitative estimate of drug-likeness (QED) is 0.641. The fraction of sp³-hybridized carbons (Fsp3) is 0.333. The number of carbonyl (C=O) groups is 1. The van der Waals surface area contributed by atoms with Crippen LogP contribution in [0.15, 0.2) is 46.4 Å². The zero-order valence-electron chi connectivity index (χ0n) is 14.7. The number of halogens is 1. The number of carbonyl (C=O) groups excluding carboxylic acids is 1. The Morgan fingerprint density at radius 2 is 1.96 bits per heavy atom. The summed E-state index contributed by atoms with van der Waals surface area (Å²) in [5.74, 6) is 0.690. The number of nitrogens with zero attached hydrogens (tertiary/aromatic N) is 1. The van der Waals surface area contributed by atoms with Crippen molar-refractivity contribution in [2.45, 2.75) is 38.6 Å². The van der Waals surface area contributed by atoms with Crippen LogP contribution in [0.4, 0.5) is 4.39 Å². The molecular formula is C21H21FN2O2. The van der Waals surface area contributed by atoms with E-state index in [9.17, 15) is 14.4 Å². The molecule has 1 amide bonds. The molecular weight excluding hydrogens is 331 g/mol. The lowest BCUT2D eigenvalue weighted by Gasteiger charge is -2.29. The zero-order valence-corrected chi connectivity index (χ0v) is 14.7. The van der Waals surface area contributed by atoms with Gasteiger partial charge in [-0.1, -0.05) is 19.8 Å². The molecule has 1 N–H and O–H groups in total. The van der Waals surface area contributed by atoms with Crippen LogP contribution >= 0.6 is 0 Å². The molecule has 0 spiro atoms. The Morgan fingerprint density at radius 1 is 1.23 bits per heavy atom. The van der Waals surface area contributed by atoms with E-state index in [4.69, 9.17) is 4.42 Å². The lowest BCUT2D eigenvalue weighted by atomic mass is 9.86.